The molecule has 4 rings (SSSR count). The molecular formula is C24H27N3O4. The van der Waals surface area contributed by atoms with Crippen LogP contribution in [0.1, 0.15) is 46.8 Å². The number of hydrogen-bond donors (Lipinski definition) is 2. The molecule has 2 atom stereocenters. The molecule has 0 bridgehead atoms. The molecule has 2 aromatic carbocycles. The molecule has 2 aromatic rings. The van der Waals surface area contributed by atoms with Crippen LogP contribution in [0.15, 0.2) is 30.3 Å². The maximum atomic E-state index is 12.7. The van der Waals surface area contributed by atoms with Crippen LogP contribution in [0.2, 0.25) is 0 Å². The van der Waals surface area contributed by atoms with Crippen molar-refractivity contribution in [2.24, 2.45) is 0 Å². The van der Waals surface area contributed by atoms with Crippen molar-refractivity contribution in [3.8, 4) is 0 Å². The van der Waals surface area contributed by atoms with Crippen molar-refractivity contribution in [2.45, 2.75) is 52.7 Å². The van der Waals surface area contributed by atoms with Crippen LogP contribution in [0, 0.1) is 20.8 Å². The summed E-state index contributed by atoms with van der Waals surface area (Å²) >= 11 is 0. The molecular weight excluding hydrogens is 394 g/mol. The van der Waals surface area contributed by atoms with Gasteiger partial charge in [0.2, 0.25) is 5.91 Å². The summed E-state index contributed by atoms with van der Waals surface area (Å²) in [6.45, 7) is 8.23. The average molecular weight is 421 g/mol. The Morgan fingerprint density at radius 2 is 1.87 bits per heavy atom. The van der Waals surface area contributed by atoms with Gasteiger partial charge < -0.3 is 20.3 Å². The monoisotopic (exact) mass is 421 g/mol. The van der Waals surface area contributed by atoms with Gasteiger partial charge in [-0.1, -0.05) is 17.7 Å². The van der Waals surface area contributed by atoms with Gasteiger partial charge in [0.15, 0.2) is 6.10 Å². The van der Waals surface area contributed by atoms with Crippen LogP contribution in [0.5, 0.6) is 0 Å². The van der Waals surface area contributed by atoms with Gasteiger partial charge in [0.1, 0.15) is 6.04 Å². The quantitative estimate of drug-likeness (QED) is 0.735. The van der Waals surface area contributed by atoms with Crippen LogP contribution in [0.25, 0.3) is 0 Å². The van der Waals surface area contributed by atoms with E-state index in [1.54, 1.807) is 19.1 Å². The van der Waals surface area contributed by atoms with Crippen molar-refractivity contribution < 1.29 is 19.1 Å². The highest BCUT2D eigenvalue weighted by Gasteiger charge is 2.36. The first-order chi connectivity index (χ1) is 14.7. The lowest BCUT2D eigenvalue weighted by atomic mass is 10.0. The number of esters is 1. The molecule has 2 aliphatic heterocycles. The fraction of sp³-hybridized carbons (Fsp3) is 0.375. The molecule has 2 heterocycles. The Morgan fingerprint density at radius 3 is 2.58 bits per heavy atom. The van der Waals surface area contributed by atoms with E-state index in [1.165, 1.54) is 0 Å². The Morgan fingerprint density at radius 1 is 1.16 bits per heavy atom. The zero-order valence-electron chi connectivity index (χ0n) is 18.2. The van der Waals surface area contributed by atoms with Crippen molar-refractivity contribution in [3.63, 3.8) is 0 Å². The number of rotatable bonds is 4. The van der Waals surface area contributed by atoms with E-state index in [0.717, 1.165) is 47.5 Å². The lowest BCUT2D eigenvalue weighted by molar-refractivity contribution is -0.123. The first-order valence-electron chi connectivity index (χ1n) is 10.6. The average Bonchev–Trinajstić information content (AvgIpc) is 3.21. The zero-order valence-corrected chi connectivity index (χ0v) is 18.2. The van der Waals surface area contributed by atoms with E-state index >= 15 is 0 Å². The zero-order chi connectivity index (χ0) is 22.3. The number of carbonyl (C=O) groups excluding carboxylic acids is 3. The Balaban J connectivity index is 1.45. The smallest absolute Gasteiger partial charge is 0.338 e. The molecule has 0 spiro atoms. The van der Waals surface area contributed by atoms with Gasteiger partial charge in [-0.25, -0.2) is 4.79 Å². The summed E-state index contributed by atoms with van der Waals surface area (Å²) in [5.41, 5.74) is 5.56. The number of benzene rings is 2. The molecule has 0 saturated carbocycles. The largest absolute Gasteiger partial charge is 0.449 e. The fourth-order valence-electron chi connectivity index (χ4n) is 4.44. The maximum Gasteiger partial charge on any atom is 0.338 e. The maximum absolute atomic E-state index is 12.7. The number of nitrogens with zero attached hydrogens (tertiary/aromatic N) is 1. The van der Waals surface area contributed by atoms with Crippen molar-refractivity contribution in [2.75, 3.05) is 22.1 Å². The van der Waals surface area contributed by atoms with Crippen LogP contribution < -0.4 is 15.5 Å². The Labute approximate surface area is 181 Å². The third-order valence-corrected chi connectivity index (χ3v) is 5.93. The number of nitrogens with one attached hydrogen (secondary N) is 2. The van der Waals surface area contributed by atoms with Gasteiger partial charge in [-0.15, -0.1) is 0 Å². The minimum Gasteiger partial charge on any atom is -0.449 e. The van der Waals surface area contributed by atoms with Crippen LogP contribution in [-0.4, -0.2) is 36.5 Å². The van der Waals surface area contributed by atoms with E-state index in [-0.39, 0.29) is 11.9 Å². The molecule has 0 aliphatic carbocycles. The van der Waals surface area contributed by atoms with Gasteiger partial charge in [0, 0.05) is 12.2 Å². The van der Waals surface area contributed by atoms with E-state index in [4.69, 9.17) is 4.74 Å². The number of hydrogen-bond acceptors (Lipinski definition) is 5. The van der Waals surface area contributed by atoms with Gasteiger partial charge in [-0.2, -0.15) is 0 Å². The first-order valence-corrected chi connectivity index (χ1v) is 10.6. The highest BCUT2D eigenvalue weighted by atomic mass is 16.5. The summed E-state index contributed by atoms with van der Waals surface area (Å²) in [5.74, 6) is -1.05. The molecule has 31 heavy (non-hydrogen) atoms. The summed E-state index contributed by atoms with van der Waals surface area (Å²) in [6.07, 6.45) is 0.830. The van der Waals surface area contributed by atoms with E-state index in [1.807, 2.05) is 39.0 Å². The molecule has 1 fully saturated rings. The van der Waals surface area contributed by atoms with Crippen molar-refractivity contribution in [3.05, 3.63) is 52.6 Å². The predicted octanol–water partition coefficient (Wildman–Crippen LogP) is 3.72. The molecule has 2 amide bonds. The fourth-order valence-corrected chi connectivity index (χ4v) is 4.44. The Kier molecular flexibility index (Phi) is 5.43. The summed E-state index contributed by atoms with van der Waals surface area (Å²) in [5, 5.41) is 5.75. The molecule has 0 aromatic heterocycles. The van der Waals surface area contributed by atoms with Gasteiger partial charge >= 0.3 is 5.97 Å². The molecule has 2 aliphatic rings. The minimum atomic E-state index is -0.971. The number of anilines is 3. The van der Waals surface area contributed by atoms with Gasteiger partial charge in [-0.05, 0) is 69.9 Å². The van der Waals surface area contributed by atoms with E-state index in [2.05, 4.69) is 15.5 Å². The number of amides is 2. The van der Waals surface area contributed by atoms with Crippen LogP contribution >= 0.6 is 0 Å². The number of carbonyl (C=O) groups is 3. The van der Waals surface area contributed by atoms with Crippen molar-refractivity contribution >= 4 is 34.8 Å². The summed E-state index contributed by atoms with van der Waals surface area (Å²) in [4.78, 5) is 39.7. The summed E-state index contributed by atoms with van der Waals surface area (Å²) in [6, 6.07) is 8.96. The van der Waals surface area contributed by atoms with Crippen molar-refractivity contribution in [1.29, 1.82) is 0 Å². The highest BCUT2D eigenvalue weighted by Crippen LogP contribution is 2.37. The normalized spacial score (nSPS) is 18.0. The first kappa shape index (κ1) is 20.9. The lowest BCUT2D eigenvalue weighted by Gasteiger charge is -2.33. The van der Waals surface area contributed by atoms with E-state index < -0.39 is 18.0 Å². The highest BCUT2D eigenvalue weighted by molar-refractivity contribution is 6.06. The molecule has 0 unspecified atom stereocenters. The predicted molar refractivity (Wildman–Crippen MR) is 120 cm³/mol. The summed E-state index contributed by atoms with van der Waals surface area (Å²) < 4.78 is 5.40. The Hall–Kier alpha value is -3.35. The molecule has 1 saturated heterocycles. The van der Waals surface area contributed by atoms with Gasteiger partial charge in [0.25, 0.3) is 5.91 Å². The summed E-state index contributed by atoms with van der Waals surface area (Å²) in [7, 11) is 0. The molecule has 2 N–H and O–H groups in total. The van der Waals surface area contributed by atoms with E-state index in [0.29, 0.717) is 11.3 Å². The molecule has 162 valence electrons. The second-order valence-electron chi connectivity index (χ2n) is 8.38. The third-order valence-electron chi connectivity index (χ3n) is 5.93. The van der Waals surface area contributed by atoms with Crippen LogP contribution in [0.3, 0.4) is 0 Å². The van der Waals surface area contributed by atoms with Crippen LogP contribution in [-0.2, 0) is 14.3 Å². The second kappa shape index (κ2) is 8.06. The Bertz CT molecular complexity index is 1060. The van der Waals surface area contributed by atoms with Crippen LogP contribution in [0.4, 0.5) is 17.1 Å². The third kappa shape index (κ3) is 4.00. The molecule has 7 heteroatoms. The van der Waals surface area contributed by atoms with Gasteiger partial charge in [0.05, 0.1) is 16.9 Å². The van der Waals surface area contributed by atoms with Crippen molar-refractivity contribution in [1.82, 2.24) is 0 Å². The topological polar surface area (TPSA) is 87.7 Å². The number of fused-ring (bicyclic) bond motifs is 3. The SMILES string of the molecule is Cc1cc(C)c(NC(=O)[C@H](C)OC(=O)c2ccc3c(c2)NC(=O)[C@H]2CCCN32)c(C)c1. The lowest BCUT2D eigenvalue weighted by Crippen LogP contribution is -2.43. The second-order valence-corrected chi connectivity index (χ2v) is 8.38. The number of ether oxygens (including phenoxy) is 1. The van der Waals surface area contributed by atoms with Gasteiger partial charge in [-0.3, -0.25) is 9.59 Å². The molecule has 7 nitrogen and oxygen atoms in total. The molecule has 0 radical (unpaired) electrons. The van der Waals surface area contributed by atoms with E-state index in [9.17, 15) is 14.4 Å². The minimum absolute atomic E-state index is 0.0490. The standard InChI is InChI=1S/C24H27N3O4/c1-13-10-14(2)21(15(3)11-13)26-22(28)16(4)31-24(30)17-7-8-19-18(12-17)25-23(29)20-6-5-9-27(19)20/h7-8,10-12,16,20H,5-6,9H2,1-4H3,(H,25,29)(H,26,28)/t16-,20+/m0/s1. The number of aryl methyl sites for hydroxylation is 3.